The molecule has 0 aliphatic carbocycles. The zero-order valence-electron chi connectivity index (χ0n) is 19.8. The minimum atomic E-state index is -0.416. The summed E-state index contributed by atoms with van der Waals surface area (Å²) in [6.45, 7) is 4.10. The number of rotatable bonds is 8. The van der Waals surface area contributed by atoms with Gasteiger partial charge in [-0.15, -0.1) is 0 Å². The molecule has 0 fully saturated rings. The first-order chi connectivity index (χ1) is 17.3. The highest BCUT2D eigenvalue weighted by atomic mass is 79.9. The van der Waals surface area contributed by atoms with E-state index in [4.69, 9.17) is 25.5 Å². The second-order valence-electron chi connectivity index (χ2n) is 7.94. The lowest BCUT2D eigenvalue weighted by Crippen LogP contribution is -2.13. The molecule has 1 N–H and O–H groups in total. The summed E-state index contributed by atoms with van der Waals surface area (Å²) in [6.07, 6.45) is 0. The molecular weight excluding hydrogens is 550 g/mol. The Balaban J connectivity index is 1.45. The number of nitrogens with one attached hydrogen (secondary N) is 1. The van der Waals surface area contributed by atoms with Gasteiger partial charge in [0.05, 0.1) is 41.3 Å². The quantitative estimate of drug-likeness (QED) is 0.254. The second kappa shape index (κ2) is 11.0. The Hall–Kier alpha value is -3.56. The van der Waals surface area contributed by atoms with Crippen LogP contribution in [0, 0.1) is 13.8 Å². The smallest absolute Gasteiger partial charge is 0.338 e. The van der Waals surface area contributed by atoms with Gasteiger partial charge in [0.15, 0.2) is 5.76 Å². The second-order valence-corrected chi connectivity index (χ2v) is 9.26. The molecule has 0 saturated carbocycles. The van der Waals surface area contributed by atoms with Crippen molar-refractivity contribution in [2.75, 3.05) is 12.4 Å². The lowest BCUT2D eigenvalue weighted by Gasteiger charge is -2.10. The zero-order chi connectivity index (χ0) is 25.8. The van der Waals surface area contributed by atoms with E-state index in [1.54, 1.807) is 48.0 Å². The topological polar surface area (TPSA) is 95.6 Å². The molecule has 4 rings (SSSR count). The van der Waals surface area contributed by atoms with Crippen LogP contribution in [0.2, 0.25) is 5.02 Å². The van der Waals surface area contributed by atoms with E-state index in [2.05, 4.69) is 26.3 Å². The monoisotopic (exact) mass is 571 g/mol. The van der Waals surface area contributed by atoms with E-state index in [-0.39, 0.29) is 12.4 Å². The van der Waals surface area contributed by atoms with E-state index in [0.717, 1.165) is 15.7 Å². The van der Waals surface area contributed by atoms with Crippen LogP contribution in [0.4, 0.5) is 5.69 Å². The predicted octanol–water partition coefficient (Wildman–Crippen LogP) is 6.18. The predicted molar refractivity (Wildman–Crippen MR) is 139 cm³/mol. The molecule has 2 aromatic carbocycles. The molecule has 0 aliphatic heterocycles. The number of carbonyl (C=O) groups excluding carboxylic acids is 2. The van der Waals surface area contributed by atoms with Crippen molar-refractivity contribution in [2.45, 2.75) is 27.0 Å². The number of methoxy groups -OCH3 is 1. The minimum absolute atomic E-state index is 0.115. The van der Waals surface area contributed by atoms with Crippen molar-refractivity contribution >= 4 is 45.1 Å². The number of aryl methyl sites for hydroxylation is 1. The molecule has 8 nitrogen and oxygen atoms in total. The van der Waals surface area contributed by atoms with Gasteiger partial charge in [-0.1, -0.05) is 45.7 Å². The summed E-state index contributed by atoms with van der Waals surface area (Å²) in [5, 5.41) is 7.89. The summed E-state index contributed by atoms with van der Waals surface area (Å²) in [7, 11) is 1.35. The van der Waals surface area contributed by atoms with Crippen molar-refractivity contribution in [3.8, 4) is 5.75 Å². The van der Waals surface area contributed by atoms with E-state index in [9.17, 15) is 9.59 Å². The fourth-order valence-electron chi connectivity index (χ4n) is 3.65. The molecular formula is C26H23BrClN3O5. The van der Waals surface area contributed by atoms with E-state index in [1.165, 1.54) is 7.11 Å². The number of aromatic nitrogens is 2. The number of halogens is 2. The van der Waals surface area contributed by atoms with Crippen molar-refractivity contribution in [1.82, 2.24) is 9.78 Å². The molecule has 186 valence electrons. The number of benzene rings is 2. The van der Waals surface area contributed by atoms with Crippen molar-refractivity contribution in [3.05, 3.63) is 98.1 Å². The highest BCUT2D eigenvalue weighted by molar-refractivity contribution is 9.10. The van der Waals surface area contributed by atoms with E-state index >= 15 is 0 Å². The van der Waals surface area contributed by atoms with Crippen LogP contribution in [0.1, 0.15) is 43.6 Å². The van der Waals surface area contributed by atoms with Crippen LogP contribution < -0.4 is 10.1 Å². The maximum atomic E-state index is 12.9. The third-order valence-electron chi connectivity index (χ3n) is 5.51. The van der Waals surface area contributed by atoms with E-state index in [0.29, 0.717) is 40.0 Å². The van der Waals surface area contributed by atoms with Gasteiger partial charge in [0.25, 0.3) is 5.91 Å². The third-order valence-corrected chi connectivity index (χ3v) is 6.30. The van der Waals surface area contributed by atoms with Crippen molar-refractivity contribution in [2.24, 2.45) is 0 Å². The van der Waals surface area contributed by atoms with E-state index in [1.807, 2.05) is 25.1 Å². The molecule has 0 bridgehead atoms. The Morgan fingerprint density at radius 1 is 1.14 bits per heavy atom. The molecule has 0 spiro atoms. The SMILES string of the molecule is COC(=O)c1ccccc1Cn1nc(C)c(NC(=O)c2ccc(COc3ccc(Br)cc3Cl)o2)c1C. The molecule has 0 atom stereocenters. The molecule has 4 aromatic rings. The van der Waals surface area contributed by atoms with Crippen molar-refractivity contribution in [1.29, 1.82) is 0 Å². The van der Waals surface area contributed by atoms with Gasteiger partial charge in [-0.25, -0.2) is 4.79 Å². The van der Waals surface area contributed by atoms with Gasteiger partial charge < -0.3 is 19.2 Å². The molecule has 0 saturated heterocycles. The van der Waals surface area contributed by atoms with Crippen LogP contribution in [0.5, 0.6) is 5.75 Å². The van der Waals surface area contributed by atoms with Gasteiger partial charge in [0.2, 0.25) is 0 Å². The average molecular weight is 573 g/mol. The number of esters is 1. The molecule has 2 heterocycles. The standard InChI is InChI=1S/C26H23BrClN3O5/c1-15-24(16(2)31(30-15)13-17-6-4-5-7-20(17)26(33)34-3)29-25(32)23-11-9-19(36-23)14-35-22-10-8-18(27)12-21(22)28/h4-12H,13-14H2,1-3H3,(H,29,32). The highest BCUT2D eigenvalue weighted by Crippen LogP contribution is 2.29. The number of amides is 1. The average Bonchev–Trinajstić information content (AvgIpc) is 3.44. The third kappa shape index (κ3) is 5.63. The maximum absolute atomic E-state index is 12.9. The van der Waals surface area contributed by atoms with Crippen molar-refractivity contribution in [3.63, 3.8) is 0 Å². The van der Waals surface area contributed by atoms with Gasteiger partial charge >= 0.3 is 5.97 Å². The summed E-state index contributed by atoms with van der Waals surface area (Å²) >= 11 is 9.53. The van der Waals surface area contributed by atoms with Crippen LogP contribution in [-0.2, 0) is 17.9 Å². The van der Waals surface area contributed by atoms with Crippen LogP contribution >= 0.6 is 27.5 Å². The maximum Gasteiger partial charge on any atom is 0.338 e. The number of anilines is 1. The summed E-state index contributed by atoms with van der Waals surface area (Å²) < 4.78 is 18.8. The Morgan fingerprint density at radius 2 is 1.92 bits per heavy atom. The molecule has 2 aromatic heterocycles. The number of nitrogens with zero attached hydrogens (tertiary/aromatic N) is 2. The van der Waals surface area contributed by atoms with Gasteiger partial charge in [-0.05, 0) is 55.8 Å². The number of furan rings is 1. The Morgan fingerprint density at radius 3 is 2.67 bits per heavy atom. The zero-order valence-corrected chi connectivity index (χ0v) is 22.1. The van der Waals surface area contributed by atoms with Crippen LogP contribution in [0.25, 0.3) is 0 Å². The summed E-state index contributed by atoms with van der Waals surface area (Å²) in [5.41, 5.74) is 3.17. The molecule has 0 radical (unpaired) electrons. The number of hydrogen-bond donors (Lipinski definition) is 1. The van der Waals surface area contributed by atoms with Gasteiger partial charge in [-0.2, -0.15) is 5.10 Å². The number of carbonyl (C=O) groups is 2. The Bertz CT molecular complexity index is 1430. The number of hydrogen-bond acceptors (Lipinski definition) is 6. The highest BCUT2D eigenvalue weighted by Gasteiger charge is 2.19. The summed E-state index contributed by atoms with van der Waals surface area (Å²) in [4.78, 5) is 25.0. The van der Waals surface area contributed by atoms with Gasteiger partial charge in [-0.3, -0.25) is 9.48 Å². The minimum Gasteiger partial charge on any atom is -0.484 e. The van der Waals surface area contributed by atoms with Crippen LogP contribution in [-0.4, -0.2) is 28.8 Å². The van der Waals surface area contributed by atoms with Crippen LogP contribution in [0.3, 0.4) is 0 Å². The first-order valence-electron chi connectivity index (χ1n) is 10.9. The molecule has 0 aliphatic rings. The fourth-order valence-corrected chi connectivity index (χ4v) is 4.38. The molecule has 10 heteroatoms. The first-order valence-corrected chi connectivity index (χ1v) is 12.1. The van der Waals surface area contributed by atoms with Crippen LogP contribution in [0.15, 0.2) is 63.5 Å². The largest absolute Gasteiger partial charge is 0.484 e. The first kappa shape index (κ1) is 25.5. The fraction of sp³-hybridized carbons (Fsp3) is 0.192. The van der Waals surface area contributed by atoms with Gasteiger partial charge in [0, 0.05) is 4.47 Å². The molecule has 36 heavy (non-hydrogen) atoms. The Kier molecular flexibility index (Phi) is 7.81. The molecule has 1 amide bonds. The van der Waals surface area contributed by atoms with Crippen molar-refractivity contribution < 1.29 is 23.5 Å². The number of ether oxygens (including phenoxy) is 2. The van der Waals surface area contributed by atoms with Gasteiger partial charge in [0.1, 0.15) is 18.1 Å². The summed E-state index contributed by atoms with van der Waals surface area (Å²) in [6, 6.07) is 15.7. The lowest BCUT2D eigenvalue weighted by atomic mass is 10.1. The normalized spacial score (nSPS) is 10.8. The lowest BCUT2D eigenvalue weighted by molar-refractivity contribution is 0.0599. The molecule has 0 unspecified atom stereocenters. The van der Waals surface area contributed by atoms with E-state index < -0.39 is 11.9 Å². The summed E-state index contributed by atoms with van der Waals surface area (Å²) in [5.74, 6) is 0.291. The Labute approximate surface area is 221 Å².